The molecule has 1 atom stereocenters. The van der Waals surface area contributed by atoms with Crippen molar-refractivity contribution in [3.05, 3.63) is 35.9 Å². The molecule has 19 heavy (non-hydrogen) atoms. The van der Waals surface area contributed by atoms with Crippen molar-refractivity contribution in [1.82, 2.24) is 5.32 Å². The second-order valence-corrected chi connectivity index (χ2v) is 4.58. The van der Waals surface area contributed by atoms with Crippen molar-refractivity contribution < 1.29 is 9.47 Å². The van der Waals surface area contributed by atoms with Gasteiger partial charge in [-0.15, -0.1) is 0 Å². The van der Waals surface area contributed by atoms with E-state index in [0.717, 1.165) is 45.8 Å². The number of unbranched alkanes of at least 4 members (excludes halogenated alkanes) is 1. The number of rotatable bonds is 11. The Morgan fingerprint density at radius 1 is 1.05 bits per heavy atom. The molecule has 3 nitrogen and oxygen atoms in total. The van der Waals surface area contributed by atoms with Crippen LogP contribution in [0.5, 0.6) is 0 Å². The third-order valence-electron chi connectivity index (χ3n) is 3.01. The molecule has 0 aromatic heterocycles. The molecule has 1 unspecified atom stereocenters. The zero-order valence-corrected chi connectivity index (χ0v) is 12.2. The summed E-state index contributed by atoms with van der Waals surface area (Å²) in [5.41, 5.74) is 1.24. The van der Waals surface area contributed by atoms with Crippen LogP contribution in [0.25, 0.3) is 0 Å². The molecule has 3 heteroatoms. The third kappa shape index (κ3) is 7.98. The number of benzene rings is 1. The summed E-state index contributed by atoms with van der Waals surface area (Å²) in [6.45, 7) is 8.52. The van der Waals surface area contributed by atoms with Crippen LogP contribution in [0, 0.1) is 0 Å². The molecule has 1 rings (SSSR count). The number of ether oxygens (including phenoxy) is 2. The average Bonchev–Trinajstić information content (AvgIpc) is 2.46. The first-order chi connectivity index (χ1) is 9.34. The Kier molecular flexibility index (Phi) is 9.33. The SMILES string of the molecule is CCOCCCCNCCOC(C)c1ccccc1. The van der Waals surface area contributed by atoms with E-state index in [1.807, 2.05) is 25.1 Å². The summed E-state index contributed by atoms with van der Waals surface area (Å²) in [6.07, 6.45) is 2.46. The molecule has 0 bridgehead atoms. The lowest BCUT2D eigenvalue weighted by molar-refractivity contribution is 0.0677. The minimum Gasteiger partial charge on any atom is -0.382 e. The van der Waals surface area contributed by atoms with E-state index in [9.17, 15) is 0 Å². The Bertz CT molecular complexity index is 303. The molecule has 0 saturated heterocycles. The molecular formula is C16H27NO2. The molecule has 1 aromatic carbocycles. The first-order valence-corrected chi connectivity index (χ1v) is 7.29. The molecule has 0 radical (unpaired) electrons. The summed E-state index contributed by atoms with van der Waals surface area (Å²) in [7, 11) is 0. The molecule has 0 saturated carbocycles. The molecule has 0 spiro atoms. The Labute approximate surface area is 117 Å². The van der Waals surface area contributed by atoms with E-state index in [1.165, 1.54) is 5.56 Å². The van der Waals surface area contributed by atoms with Gasteiger partial charge in [0.25, 0.3) is 0 Å². The lowest BCUT2D eigenvalue weighted by Gasteiger charge is -2.13. The highest BCUT2D eigenvalue weighted by Crippen LogP contribution is 2.14. The van der Waals surface area contributed by atoms with E-state index >= 15 is 0 Å². The van der Waals surface area contributed by atoms with Gasteiger partial charge in [-0.25, -0.2) is 0 Å². The monoisotopic (exact) mass is 265 g/mol. The summed E-state index contributed by atoms with van der Waals surface area (Å²) in [6, 6.07) is 10.3. The second-order valence-electron chi connectivity index (χ2n) is 4.58. The predicted octanol–water partition coefficient (Wildman–Crippen LogP) is 3.17. The Morgan fingerprint density at radius 2 is 1.84 bits per heavy atom. The Hall–Kier alpha value is -0.900. The summed E-state index contributed by atoms with van der Waals surface area (Å²) in [5.74, 6) is 0. The van der Waals surface area contributed by atoms with Crippen molar-refractivity contribution in [2.75, 3.05) is 32.9 Å². The highest BCUT2D eigenvalue weighted by Gasteiger charge is 2.03. The van der Waals surface area contributed by atoms with Crippen LogP contribution in [0.4, 0.5) is 0 Å². The lowest BCUT2D eigenvalue weighted by Crippen LogP contribution is -2.21. The fourth-order valence-corrected chi connectivity index (χ4v) is 1.85. The quantitative estimate of drug-likeness (QED) is 0.623. The van der Waals surface area contributed by atoms with E-state index in [0.29, 0.717) is 0 Å². The molecule has 0 aliphatic rings. The largest absolute Gasteiger partial charge is 0.382 e. The predicted molar refractivity (Wildman–Crippen MR) is 79.4 cm³/mol. The van der Waals surface area contributed by atoms with Crippen molar-refractivity contribution in [2.24, 2.45) is 0 Å². The first-order valence-electron chi connectivity index (χ1n) is 7.29. The van der Waals surface area contributed by atoms with Gasteiger partial charge in [0.05, 0.1) is 12.7 Å². The van der Waals surface area contributed by atoms with E-state index in [4.69, 9.17) is 9.47 Å². The molecule has 0 fully saturated rings. The van der Waals surface area contributed by atoms with Crippen LogP contribution in [-0.4, -0.2) is 32.9 Å². The van der Waals surface area contributed by atoms with Gasteiger partial charge in [0.2, 0.25) is 0 Å². The fourth-order valence-electron chi connectivity index (χ4n) is 1.85. The summed E-state index contributed by atoms with van der Waals surface area (Å²) >= 11 is 0. The molecule has 0 aliphatic heterocycles. The number of nitrogens with one attached hydrogen (secondary N) is 1. The van der Waals surface area contributed by atoms with Gasteiger partial charge in [-0.3, -0.25) is 0 Å². The van der Waals surface area contributed by atoms with Gasteiger partial charge in [-0.1, -0.05) is 30.3 Å². The van der Waals surface area contributed by atoms with Crippen molar-refractivity contribution >= 4 is 0 Å². The Balaban J connectivity index is 1.93. The maximum atomic E-state index is 5.79. The standard InChI is InChI=1S/C16H27NO2/c1-3-18-13-8-7-11-17-12-14-19-15(2)16-9-5-4-6-10-16/h4-6,9-10,15,17H,3,7-8,11-14H2,1-2H3. The van der Waals surface area contributed by atoms with Gasteiger partial charge >= 0.3 is 0 Å². The average molecular weight is 265 g/mol. The summed E-state index contributed by atoms with van der Waals surface area (Å²) in [4.78, 5) is 0. The molecular weight excluding hydrogens is 238 g/mol. The zero-order chi connectivity index (χ0) is 13.8. The topological polar surface area (TPSA) is 30.5 Å². The first kappa shape index (κ1) is 16.2. The van der Waals surface area contributed by atoms with Gasteiger partial charge in [-0.2, -0.15) is 0 Å². The molecule has 1 N–H and O–H groups in total. The minimum atomic E-state index is 0.168. The summed E-state index contributed by atoms with van der Waals surface area (Å²) < 4.78 is 11.1. The van der Waals surface area contributed by atoms with Crippen molar-refractivity contribution in [3.63, 3.8) is 0 Å². The van der Waals surface area contributed by atoms with Crippen LogP contribution in [0.3, 0.4) is 0 Å². The molecule has 0 amide bonds. The fraction of sp³-hybridized carbons (Fsp3) is 0.625. The second kappa shape index (κ2) is 11.0. The maximum Gasteiger partial charge on any atom is 0.0797 e. The van der Waals surface area contributed by atoms with E-state index in [2.05, 4.69) is 24.4 Å². The summed E-state index contributed by atoms with van der Waals surface area (Å²) in [5, 5.41) is 3.39. The van der Waals surface area contributed by atoms with Gasteiger partial charge < -0.3 is 14.8 Å². The van der Waals surface area contributed by atoms with Crippen LogP contribution in [0.15, 0.2) is 30.3 Å². The van der Waals surface area contributed by atoms with Crippen LogP contribution < -0.4 is 5.32 Å². The van der Waals surface area contributed by atoms with E-state index in [-0.39, 0.29) is 6.10 Å². The van der Waals surface area contributed by atoms with Crippen molar-refractivity contribution in [1.29, 1.82) is 0 Å². The van der Waals surface area contributed by atoms with Gasteiger partial charge in [0, 0.05) is 19.8 Å². The van der Waals surface area contributed by atoms with Crippen LogP contribution in [0.2, 0.25) is 0 Å². The Morgan fingerprint density at radius 3 is 2.58 bits per heavy atom. The van der Waals surface area contributed by atoms with E-state index in [1.54, 1.807) is 0 Å². The number of hydrogen-bond acceptors (Lipinski definition) is 3. The van der Waals surface area contributed by atoms with Crippen molar-refractivity contribution in [2.45, 2.75) is 32.8 Å². The van der Waals surface area contributed by atoms with Gasteiger partial charge in [0.1, 0.15) is 0 Å². The zero-order valence-electron chi connectivity index (χ0n) is 12.2. The highest BCUT2D eigenvalue weighted by molar-refractivity contribution is 5.16. The smallest absolute Gasteiger partial charge is 0.0797 e. The van der Waals surface area contributed by atoms with Crippen LogP contribution in [-0.2, 0) is 9.47 Å². The van der Waals surface area contributed by atoms with Gasteiger partial charge in [-0.05, 0) is 38.8 Å². The minimum absolute atomic E-state index is 0.168. The van der Waals surface area contributed by atoms with Crippen LogP contribution in [0.1, 0.15) is 38.4 Å². The third-order valence-corrected chi connectivity index (χ3v) is 3.01. The molecule has 108 valence electrons. The normalized spacial score (nSPS) is 12.5. The van der Waals surface area contributed by atoms with E-state index < -0.39 is 0 Å². The van der Waals surface area contributed by atoms with Crippen molar-refractivity contribution in [3.8, 4) is 0 Å². The molecule has 1 aromatic rings. The van der Waals surface area contributed by atoms with Crippen LogP contribution >= 0.6 is 0 Å². The van der Waals surface area contributed by atoms with Gasteiger partial charge in [0.15, 0.2) is 0 Å². The lowest BCUT2D eigenvalue weighted by atomic mass is 10.1. The highest BCUT2D eigenvalue weighted by atomic mass is 16.5. The molecule has 0 aliphatic carbocycles. The maximum absolute atomic E-state index is 5.79. The number of hydrogen-bond donors (Lipinski definition) is 1. The molecule has 0 heterocycles.